The second-order valence-corrected chi connectivity index (χ2v) is 7.18. The van der Waals surface area contributed by atoms with Crippen LogP contribution in [-0.2, 0) is 0 Å². The van der Waals surface area contributed by atoms with E-state index in [1.54, 1.807) is 0 Å². The molecule has 0 fully saturated rings. The van der Waals surface area contributed by atoms with Crippen molar-refractivity contribution in [1.29, 1.82) is 5.26 Å². The van der Waals surface area contributed by atoms with Gasteiger partial charge in [0.2, 0.25) is 0 Å². The monoisotopic (exact) mass is 391 g/mol. The SMILES string of the molecule is Cc1ccc(C)c(-c2cc(-c3ccc(Oc4ccccc4)cc3)nc(N)c2C#N)c1. The van der Waals surface area contributed by atoms with Crippen LogP contribution in [0, 0.1) is 25.2 Å². The Bertz CT molecular complexity index is 1240. The number of hydrogen-bond acceptors (Lipinski definition) is 4. The van der Waals surface area contributed by atoms with E-state index < -0.39 is 0 Å². The predicted molar refractivity (Wildman–Crippen MR) is 120 cm³/mol. The molecule has 4 heteroatoms. The van der Waals surface area contributed by atoms with E-state index in [2.05, 4.69) is 29.3 Å². The van der Waals surface area contributed by atoms with Crippen molar-refractivity contribution >= 4 is 5.82 Å². The number of nitrogen functional groups attached to an aromatic ring is 1. The van der Waals surface area contributed by atoms with Crippen molar-refractivity contribution in [2.75, 3.05) is 5.73 Å². The van der Waals surface area contributed by atoms with E-state index in [-0.39, 0.29) is 5.82 Å². The molecule has 4 rings (SSSR count). The molecule has 0 spiro atoms. The van der Waals surface area contributed by atoms with Gasteiger partial charge in [-0.3, -0.25) is 0 Å². The fraction of sp³-hybridized carbons (Fsp3) is 0.0769. The summed E-state index contributed by atoms with van der Waals surface area (Å²) in [6.45, 7) is 4.06. The van der Waals surface area contributed by atoms with Gasteiger partial charge in [0.15, 0.2) is 0 Å². The minimum atomic E-state index is 0.232. The van der Waals surface area contributed by atoms with E-state index in [0.717, 1.165) is 39.3 Å². The van der Waals surface area contributed by atoms with Gasteiger partial charge in [-0.1, -0.05) is 42.0 Å². The van der Waals surface area contributed by atoms with E-state index in [0.29, 0.717) is 11.3 Å². The van der Waals surface area contributed by atoms with Crippen LogP contribution in [0.3, 0.4) is 0 Å². The van der Waals surface area contributed by atoms with Crippen molar-refractivity contribution in [3.63, 3.8) is 0 Å². The number of nitrogens with zero attached hydrogens (tertiary/aromatic N) is 2. The Morgan fingerprint density at radius 3 is 2.23 bits per heavy atom. The Hall–Kier alpha value is -4.10. The van der Waals surface area contributed by atoms with Gasteiger partial charge in [-0.05, 0) is 67.4 Å². The summed E-state index contributed by atoms with van der Waals surface area (Å²) in [5.74, 6) is 1.75. The first-order valence-electron chi connectivity index (χ1n) is 9.67. The molecule has 2 N–H and O–H groups in total. The summed E-state index contributed by atoms with van der Waals surface area (Å²) in [5, 5.41) is 9.67. The molecule has 0 saturated carbocycles. The van der Waals surface area contributed by atoms with Gasteiger partial charge >= 0.3 is 0 Å². The lowest BCUT2D eigenvalue weighted by atomic mass is 9.94. The number of nitrogens with two attached hydrogens (primary N) is 1. The van der Waals surface area contributed by atoms with Crippen LogP contribution < -0.4 is 10.5 Å². The maximum Gasteiger partial charge on any atom is 0.142 e. The van der Waals surface area contributed by atoms with Crippen molar-refractivity contribution in [1.82, 2.24) is 4.98 Å². The zero-order valence-corrected chi connectivity index (χ0v) is 16.9. The molecular weight excluding hydrogens is 370 g/mol. The maximum atomic E-state index is 9.67. The molecule has 4 nitrogen and oxygen atoms in total. The van der Waals surface area contributed by atoms with Gasteiger partial charge in [-0.2, -0.15) is 5.26 Å². The molecule has 0 saturated heterocycles. The van der Waals surface area contributed by atoms with Crippen molar-refractivity contribution in [2.45, 2.75) is 13.8 Å². The number of rotatable bonds is 4. The van der Waals surface area contributed by atoms with E-state index in [1.807, 2.05) is 74.5 Å². The van der Waals surface area contributed by atoms with Crippen LogP contribution in [0.15, 0.2) is 78.9 Å². The topological polar surface area (TPSA) is 71.9 Å². The van der Waals surface area contributed by atoms with Crippen LogP contribution in [0.2, 0.25) is 0 Å². The second kappa shape index (κ2) is 8.10. The van der Waals surface area contributed by atoms with Crippen LogP contribution in [0.1, 0.15) is 16.7 Å². The van der Waals surface area contributed by atoms with Crippen LogP contribution in [0.4, 0.5) is 5.82 Å². The molecule has 146 valence electrons. The average Bonchev–Trinajstić information content (AvgIpc) is 2.76. The molecular formula is C26H21N3O. The second-order valence-electron chi connectivity index (χ2n) is 7.18. The molecule has 0 amide bonds. The van der Waals surface area contributed by atoms with Gasteiger partial charge in [0.25, 0.3) is 0 Å². The standard InChI is InChI=1S/C26H21N3O/c1-17-8-9-18(2)22(14-17)23-15-25(29-26(28)24(23)16-27)19-10-12-21(13-11-19)30-20-6-4-3-5-7-20/h3-15H,1-2H3,(H2,28,29). The van der Waals surface area contributed by atoms with E-state index >= 15 is 0 Å². The van der Waals surface area contributed by atoms with Crippen LogP contribution in [-0.4, -0.2) is 4.98 Å². The van der Waals surface area contributed by atoms with Crippen molar-refractivity contribution in [3.05, 3.63) is 95.6 Å². The highest BCUT2D eigenvalue weighted by Gasteiger charge is 2.15. The Labute approximate surface area is 176 Å². The first-order chi connectivity index (χ1) is 14.5. The number of aryl methyl sites for hydroxylation is 2. The lowest BCUT2D eigenvalue weighted by Gasteiger charge is -2.13. The fourth-order valence-electron chi connectivity index (χ4n) is 3.39. The number of anilines is 1. The Kier molecular flexibility index (Phi) is 5.19. The highest BCUT2D eigenvalue weighted by atomic mass is 16.5. The molecule has 30 heavy (non-hydrogen) atoms. The van der Waals surface area contributed by atoms with E-state index in [9.17, 15) is 5.26 Å². The number of ether oxygens (including phenoxy) is 1. The first-order valence-corrected chi connectivity index (χ1v) is 9.67. The van der Waals surface area contributed by atoms with Crippen molar-refractivity contribution in [3.8, 4) is 40.0 Å². The van der Waals surface area contributed by atoms with Crippen LogP contribution >= 0.6 is 0 Å². The van der Waals surface area contributed by atoms with Gasteiger partial charge in [0.05, 0.1) is 5.69 Å². The minimum Gasteiger partial charge on any atom is -0.457 e. The van der Waals surface area contributed by atoms with Gasteiger partial charge < -0.3 is 10.5 Å². The molecule has 0 atom stereocenters. The van der Waals surface area contributed by atoms with Crippen molar-refractivity contribution in [2.24, 2.45) is 0 Å². The quantitative estimate of drug-likeness (QED) is 0.444. The van der Waals surface area contributed by atoms with Crippen molar-refractivity contribution < 1.29 is 4.74 Å². The van der Waals surface area contributed by atoms with Gasteiger partial charge in [0.1, 0.15) is 28.9 Å². The van der Waals surface area contributed by atoms with E-state index in [1.165, 1.54) is 0 Å². The fourth-order valence-corrected chi connectivity index (χ4v) is 3.39. The summed E-state index contributed by atoms with van der Waals surface area (Å²) in [6.07, 6.45) is 0. The zero-order valence-electron chi connectivity index (χ0n) is 16.9. The number of pyridine rings is 1. The summed E-state index contributed by atoms with van der Waals surface area (Å²) in [5.41, 5.74) is 12.2. The number of aromatic nitrogens is 1. The first kappa shape index (κ1) is 19.2. The largest absolute Gasteiger partial charge is 0.457 e. The van der Waals surface area contributed by atoms with Crippen LogP contribution in [0.5, 0.6) is 11.5 Å². The molecule has 0 unspecified atom stereocenters. The number of para-hydroxylation sites is 1. The van der Waals surface area contributed by atoms with Gasteiger partial charge in [-0.25, -0.2) is 4.98 Å². The normalized spacial score (nSPS) is 10.4. The third kappa shape index (κ3) is 3.87. The van der Waals surface area contributed by atoms with Gasteiger partial charge in [0, 0.05) is 11.1 Å². The molecule has 0 radical (unpaired) electrons. The minimum absolute atomic E-state index is 0.232. The van der Waals surface area contributed by atoms with Gasteiger partial charge in [-0.15, -0.1) is 0 Å². The predicted octanol–water partition coefficient (Wildman–Crippen LogP) is 6.28. The molecule has 0 aliphatic rings. The molecule has 0 aliphatic heterocycles. The highest BCUT2D eigenvalue weighted by Crippen LogP contribution is 2.34. The van der Waals surface area contributed by atoms with E-state index in [4.69, 9.17) is 10.5 Å². The summed E-state index contributed by atoms with van der Waals surface area (Å²) in [7, 11) is 0. The smallest absolute Gasteiger partial charge is 0.142 e. The maximum absolute atomic E-state index is 9.67. The molecule has 1 aromatic heterocycles. The Balaban J connectivity index is 1.74. The average molecular weight is 391 g/mol. The zero-order chi connectivity index (χ0) is 21.1. The van der Waals surface area contributed by atoms with Crippen LogP contribution in [0.25, 0.3) is 22.4 Å². The lowest BCUT2D eigenvalue weighted by Crippen LogP contribution is -2.00. The molecule has 0 bridgehead atoms. The number of hydrogen-bond donors (Lipinski definition) is 1. The number of benzene rings is 3. The molecule has 0 aliphatic carbocycles. The Morgan fingerprint density at radius 1 is 0.833 bits per heavy atom. The summed E-state index contributed by atoms with van der Waals surface area (Å²) >= 11 is 0. The molecule has 3 aromatic carbocycles. The lowest BCUT2D eigenvalue weighted by molar-refractivity contribution is 0.483. The Morgan fingerprint density at radius 2 is 1.53 bits per heavy atom. The third-order valence-corrected chi connectivity index (χ3v) is 4.97. The third-order valence-electron chi connectivity index (χ3n) is 4.97. The molecule has 1 heterocycles. The highest BCUT2D eigenvalue weighted by molar-refractivity contribution is 5.82. The summed E-state index contributed by atoms with van der Waals surface area (Å²) in [4.78, 5) is 4.48. The number of nitriles is 1. The molecule has 4 aromatic rings. The summed E-state index contributed by atoms with van der Waals surface area (Å²) < 4.78 is 5.86. The summed E-state index contributed by atoms with van der Waals surface area (Å²) in [6, 6.07) is 27.7.